The molecule has 24 heteroatoms. The molecule has 14 atom stereocenters. The number of carbonyl (C=O) groups is 12. The van der Waals surface area contributed by atoms with Crippen LogP contribution in [0, 0.1) is 35.5 Å². The molecule has 76 heavy (non-hydrogen) atoms. The van der Waals surface area contributed by atoms with E-state index in [1.807, 2.05) is 13.8 Å². The molecule has 0 aromatic carbocycles. The standard InChI is InChI=1S/C14H18O6.2C13H16O6.C12H14O6/c1-7(2)13(16)18-6-11(15)20-12-8(3)4-9-5-10(12)19-14(9)17;1-7(2)12(15)17-6-11(14)18-9-4-3-8-5-10(9)19-13(8)16;1-3-10(14)17-6-11(15)19-12-7(2)4-8-5-9(12)18-13(8)16;1-2-10(13)16-6-11(14)17-8-4-3-7-5-9(8)18-12(7)15/h8-10,12H,1,4-6H2,2-3H3;8-10H,1,3-6H2,2H3;3,7-9,12H,1,4-6H2,2H3;2,7-9H,1,3-6H2. The van der Waals surface area contributed by atoms with Crippen LogP contribution in [0.5, 0.6) is 0 Å². The van der Waals surface area contributed by atoms with Gasteiger partial charge < -0.3 is 56.8 Å². The number of hydrogen-bond donors (Lipinski definition) is 0. The van der Waals surface area contributed by atoms with Crippen LogP contribution in [-0.4, -0.2) is 147 Å². The highest BCUT2D eigenvalue weighted by atomic mass is 16.6. The van der Waals surface area contributed by atoms with Crippen molar-refractivity contribution in [2.45, 2.75) is 141 Å². The minimum atomic E-state index is -0.680. The van der Waals surface area contributed by atoms with E-state index in [0.29, 0.717) is 64.2 Å². The molecule has 0 aromatic heterocycles. The summed E-state index contributed by atoms with van der Waals surface area (Å²) in [5.41, 5.74) is 0.439. The van der Waals surface area contributed by atoms with Gasteiger partial charge in [-0.25, -0.2) is 38.4 Å². The quantitative estimate of drug-likeness (QED) is 0.122. The molecule has 4 saturated carbocycles. The molecule has 8 aliphatic rings. The molecule has 4 saturated heterocycles. The van der Waals surface area contributed by atoms with E-state index in [0.717, 1.165) is 12.2 Å². The van der Waals surface area contributed by atoms with Gasteiger partial charge in [0.05, 0.1) is 23.7 Å². The zero-order chi connectivity index (χ0) is 56.0. The predicted octanol–water partition coefficient (Wildman–Crippen LogP) is 2.68. The maximum absolute atomic E-state index is 11.7. The van der Waals surface area contributed by atoms with E-state index in [2.05, 4.69) is 40.5 Å². The SMILES string of the molecule is C=C(C)C(=O)OCC(=O)OC1C(C)CC2CC1OC2=O.C=C(C)C(=O)OCC(=O)OC1CCC2CC1OC2=O.C=CC(=O)OCC(=O)OC1C(C)CC2CC1OC2=O.C=CC(=O)OCC(=O)OC1CCC2CC1OC2=O. The average molecular weight is 1070 g/mol. The molecule has 416 valence electrons. The molecule has 24 nitrogen and oxygen atoms in total. The first-order valence-electron chi connectivity index (χ1n) is 24.8. The Kier molecular flexibility index (Phi) is 21.4. The van der Waals surface area contributed by atoms with Gasteiger partial charge in [-0.1, -0.05) is 40.2 Å². The summed E-state index contributed by atoms with van der Waals surface area (Å²) in [5, 5.41) is 0. The van der Waals surface area contributed by atoms with Crippen molar-refractivity contribution in [2.24, 2.45) is 35.5 Å². The van der Waals surface area contributed by atoms with Crippen LogP contribution in [-0.2, 0) is 114 Å². The third-order valence-corrected chi connectivity index (χ3v) is 13.5. The molecule has 8 fully saturated rings. The molecule has 4 aliphatic heterocycles. The summed E-state index contributed by atoms with van der Waals surface area (Å²) in [6, 6.07) is 0. The van der Waals surface area contributed by atoms with E-state index in [-0.39, 0.29) is 94.9 Å². The van der Waals surface area contributed by atoms with E-state index in [9.17, 15) is 57.5 Å². The fourth-order valence-corrected chi connectivity index (χ4v) is 9.70. The van der Waals surface area contributed by atoms with Crippen LogP contribution in [0.1, 0.15) is 91.9 Å². The van der Waals surface area contributed by atoms with Gasteiger partial charge in [0.2, 0.25) is 0 Å². The highest BCUT2D eigenvalue weighted by Crippen LogP contribution is 2.41. The minimum absolute atomic E-state index is 0.0472. The van der Waals surface area contributed by atoms with Crippen LogP contribution in [0.15, 0.2) is 49.6 Å². The minimum Gasteiger partial charge on any atom is -0.458 e. The maximum atomic E-state index is 11.7. The highest BCUT2D eigenvalue weighted by Gasteiger charge is 2.50. The second kappa shape index (κ2) is 27.4. The van der Waals surface area contributed by atoms with Crippen molar-refractivity contribution in [2.75, 3.05) is 26.4 Å². The van der Waals surface area contributed by atoms with Crippen molar-refractivity contribution in [3.05, 3.63) is 49.6 Å². The van der Waals surface area contributed by atoms with Crippen LogP contribution in [0.4, 0.5) is 0 Å². The molecule has 0 radical (unpaired) electrons. The van der Waals surface area contributed by atoms with Gasteiger partial charge in [0.1, 0.15) is 48.8 Å². The number of fused-ring (bicyclic) bond motifs is 8. The van der Waals surface area contributed by atoms with Crippen LogP contribution in [0.3, 0.4) is 0 Å². The molecule has 0 aromatic rings. The van der Waals surface area contributed by atoms with Crippen LogP contribution in [0.25, 0.3) is 0 Å². The summed E-state index contributed by atoms with van der Waals surface area (Å²) < 4.78 is 60.0. The first-order valence-corrected chi connectivity index (χ1v) is 24.8. The molecule has 14 unspecified atom stereocenters. The normalized spacial score (nSPS) is 30.4. The van der Waals surface area contributed by atoms with Crippen molar-refractivity contribution in [3.63, 3.8) is 0 Å². The largest absolute Gasteiger partial charge is 0.458 e. The molecule has 0 spiro atoms. The average Bonchev–Trinajstić information content (AvgIpc) is 4.08. The predicted molar refractivity (Wildman–Crippen MR) is 251 cm³/mol. The van der Waals surface area contributed by atoms with Crippen molar-refractivity contribution in [1.82, 2.24) is 0 Å². The van der Waals surface area contributed by atoms with Gasteiger partial charge in [-0.2, -0.15) is 0 Å². The van der Waals surface area contributed by atoms with Crippen LogP contribution >= 0.6 is 0 Å². The van der Waals surface area contributed by atoms with E-state index in [1.165, 1.54) is 13.8 Å². The molecule has 8 bridgehead atoms. The van der Waals surface area contributed by atoms with Gasteiger partial charge in [0.15, 0.2) is 26.4 Å². The molecular weight excluding hydrogens is 1010 g/mol. The number of ether oxygens (including phenoxy) is 12. The zero-order valence-electron chi connectivity index (χ0n) is 42.8. The molecule has 4 heterocycles. The number of esters is 12. The summed E-state index contributed by atoms with van der Waals surface area (Å²) in [6.07, 6.45) is 4.91. The fraction of sp³-hybridized carbons (Fsp3) is 0.615. The van der Waals surface area contributed by atoms with Crippen molar-refractivity contribution >= 4 is 71.6 Å². The molecule has 0 N–H and O–H groups in total. The van der Waals surface area contributed by atoms with Crippen molar-refractivity contribution < 1.29 is 114 Å². The second-order valence-corrected chi connectivity index (χ2v) is 19.5. The highest BCUT2D eigenvalue weighted by molar-refractivity contribution is 5.89. The lowest BCUT2D eigenvalue weighted by Gasteiger charge is -2.31. The van der Waals surface area contributed by atoms with Gasteiger partial charge >= 0.3 is 71.6 Å². The summed E-state index contributed by atoms with van der Waals surface area (Å²) in [6.45, 7) is 18.2. The number of hydrogen-bond acceptors (Lipinski definition) is 24. The van der Waals surface area contributed by atoms with Crippen molar-refractivity contribution in [1.29, 1.82) is 0 Å². The fourth-order valence-electron chi connectivity index (χ4n) is 9.70. The Balaban J connectivity index is 0.000000187. The number of carbonyl (C=O) groups excluding carboxylic acids is 12. The summed E-state index contributed by atoms with van der Waals surface area (Å²) in [7, 11) is 0. The Morgan fingerprint density at radius 3 is 1.09 bits per heavy atom. The van der Waals surface area contributed by atoms with E-state index in [1.54, 1.807) is 0 Å². The zero-order valence-corrected chi connectivity index (χ0v) is 42.8. The van der Waals surface area contributed by atoms with Crippen molar-refractivity contribution in [3.8, 4) is 0 Å². The first-order chi connectivity index (χ1) is 36.0. The third kappa shape index (κ3) is 16.8. The van der Waals surface area contributed by atoms with E-state index in [4.69, 9.17) is 42.6 Å². The van der Waals surface area contributed by atoms with Gasteiger partial charge in [-0.15, -0.1) is 0 Å². The maximum Gasteiger partial charge on any atom is 0.344 e. The summed E-state index contributed by atoms with van der Waals surface area (Å²) in [5.74, 6) is -6.20. The molecule has 8 rings (SSSR count). The van der Waals surface area contributed by atoms with Crippen LogP contribution < -0.4 is 0 Å². The Bertz CT molecular complexity index is 2320. The van der Waals surface area contributed by atoms with E-state index < -0.39 is 98.6 Å². The summed E-state index contributed by atoms with van der Waals surface area (Å²) >= 11 is 0. The number of rotatable bonds is 16. The topological polar surface area (TPSA) is 316 Å². The molecule has 4 aliphatic carbocycles. The van der Waals surface area contributed by atoms with Gasteiger partial charge in [-0.3, -0.25) is 19.2 Å². The van der Waals surface area contributed by atoms with E-state index >= 15 is 0 Å². The van der Waals surface area contributed by atoms with Crippen LogP contribution in [0.2, 0.25) is 0 Å². The third-order valence-electron chi connectivity index (χ3n) is 13.5. The first kappa shape index (κ1) is 59.5. The second-order valence-electron chi connectivity index (χ2n) is 19.5. The molecule has 0 amide bonds. The Morgan fingerprint density at radius 1 is 0.447 bits per heavy atom. The molecular formula is C52H64O24. The smallest absolute Gasteiger partial charge is 0.344 e. The lowest BCUT2D eigenvalue weighted by Crippen LogP contribution is -2.40. The lowest BCUT2D eigenvalue weighted by atomic mass is 9.81. The van der Waals surface area contributed by atoms with Gasteiger partial charge in [0, 0.05) is 49.0 Å². The van der Waals surface area contributed by atoms with Gasteiger partial charge in [-0.05, 0) is 64.2 Å². The Labute approximate surface area is 437 Å². The Hall–Kier alpha value is -7.40. The lowest BCUT2D eigenvalue weighted by molar-refractivity contribution is -0.170. The van der Waals surface area contributed by atoms with Gasteiger partial charge in [0.25, 0.3) is 0 Å². The monoisotopic (exact) mass is 1070 g/mol. The Morgan fingerprint density at radius 2 is 0.750 bits per heavy atom. The summed E-state index contributed by atoms with van der Waals surface area (Å²) in [4.78, 5) is 136.